The molecule has 21 heavy (non-hydrogen) atoms. The molecule has 6 nitrogen and oxygen atoms in total. The fraction of sp³-hybridized carbons (Fsp3) is 0.267. The molecular formula is C15H17N3O3. The van der Waals surface area contributed by atoms with Crippen LogP contribution in [0.25, 0.3) is 0 Å². The summed E-state index contributed by atoms with van der Waals surface area (Å²) in [6, 6.07) is 10.4. The van der Waals surface area contributed by atoms with E-state index in [1.54, 1.807) is 24.4 Å². The predicted molar refractivity (Wildman–Crippen MR) is 79.3 cm³/mol. The topological polar surface area (TPSA) is 91.3 Å². The van der Waals surface area contributed by atoms with Gasteiger partial charge in [-0.25, -0.2) is 0 Å². The number of nitrogens with zero attached hydrogens (tertiary/aromatic N) is 2. The maximum absolute atomic E-state index is 10.9. The second kappa shape index (κ2) is 7.35. The van der Waals surface area contributed by atoms with E-state index >= 15 is 0 Å². The van der Waals surface area contributed by atoms with Gasteiger partial charge in [0.2, 0.25) is 0 Å². The van der Waals surface area contributed by atoms with Gasteiger partial charge in [-0.15, -0.1) is 0 Å². The van der Waals surface area contributed by atoms with Crippen LogP contribution in [0.4, 0.5) is 5.69 Å². The van der Waals surface area contributed by atoms with Crippen LogP contribution in [0.3, 0.4) is 0 Å². The lowest BCUT2D eigenvalue weighted by molar-refractivity contribution is -0.385. The SMILES string of the molecule is NCCc1ccc(OCCc2ccccc2[N+](=O)[O-])cn1. The lowest BCUT2D eigenvalue weighted by Gasteiger charge is -2.07. The van der Waals surface area contributed by atoms with Crippen molar-refractivity contribution in [3.05, 3.63) is 64.0 Å². The summed E-state index contributed by atoms with van der Waals surface area (Å²) in [6.07, 6.45) is 2.85. The van der Waals surface area contributed by atoms with Crippen LogP contribution in [0.5, 0.6) is 5.75 Å². The van der Waals surface area contributed by atoms with Crippen LogP contribution in [0.1, 0.15) is 11.3 Å². The van der Waals surface area contributed by atoms with Crippen molar-refractivity contribution in [3.8, 4) is 5.75 Å². The number of hydrogen-bond donors (Lipinski definition) is 1. The summed E-state index contributed by atoms with van der Waals surface area (Å²) in [7, 11) is 0. The van der Waals surface area contributed by atoms with Crippen molar-refractivity contribution >= 4 is 5.69 Å². The number of aromatic nitrogens is 1. The normalized spacial score (nSPS) is 10.3. The first-order chi connectivity index (χ1) is 10.2. The minimum Gasteiger partial charge on any atom is -0.492 e. The van der Waals surface area contributed by atoms with Crippen LogP contribution in [-0.4, -0.2) is 23.1 Å². The number of pyridine rings is 1. The van der Waals surface area contributed by atoms with E-state index in [0.29, 0.717) is 30.9 Å². The second-order valence-corrected chi connectivity index (χ2v) is 4.51. The van der Waals surface area contributed by atoms with Crippen molar-refractivity contribution in [2.75, 3.05) is 13.2 Å². The van der Waals surface area contributed by atoms with Gasteiger partial charge in [0.25, 0.3) is 5.69 Å². The summed E-state index contributed by atoms with van der Waals surface area (Å²) in [5.74, 6) is 0.648. The Kier molecular flexibility index (Phi) is 5.22. The van der Waals surface area contributed by atoms with E-state index in [2.05, 4.69) is 4.98 Å². The number of rotatable bonds is 7. The van der Waals surface area contributed by atoms with Gasteiger partial charge in [-0.2, -0.15) is 0 Å². The molecule has 0 fully saturated rings. The summed E-state index contributed by atoms with van der Waals surface area (Å²) in [6.45, 7) is 0.924. The third-order valence-corrected chi connectivity index (χ3v) is 3.03. The first kappa shape index (κ1) is 14.9. The number of benzene rings is 1. The molecule has 2 rings (SSSR count). The maximum atomic E-state index is 10.9. The second-order valence-electron chi connectivity index (χ2n) is 4.51. The van der Waals surface area contributed by atoms with Gasteiger partial charge in [-0.05, 0) is 18.7 Å². The van der Waals surface area contributed by atoms with Crippen molar-refractivity contribution in [2.24, 2.45) is 5.73 Å². The standard InChI is InChI=1S/C15H17N3O3/c16-9-7-13-5-6-14(11-17-13)21-10-8-12-3-1-2-4-15(12)18(19)20/h1-6,11H,7-10,16H2. The first-order valence-electron chi connectivity index (χ1n) is 6.71. The molecule has 0 aliphatic rings. The summed E-state index contributed by atoms with van der Waals surface area (Å²) in [5.41, 5.74) is 7.16. The van der Waals surface area contributed by atoms with Gasteiger partial charge in [0.1, 0.15) is 5.75 Å². The van der Waals surface area contributed by atoms with Crippen molar-refractivity contribution in [3.63, 3.8) is 0 Å². The highest BCUT2D eigenvalue weighted by Crippen LogP contribution is 2.18. The van der Waals surface area contributed by atoms with E-state index in [4.69, 9.17) is 10.5 Å². The molecule has 1 aromatic carbocycles. The molecule has 0 aliphatic heterocycles. The Hall–Kier alpha value is -2.47. The molecule has 0 atom stereocenters. The van der Waals surface area contributed by atoms with Gasteiger partial charge in [-0.3, -0.25) is 15.1 Å². The molecular weight excluding hydrogens is 270 g/mol. The summed E-state index contributed by atoms with van der Waals surface area (Å²) in [4.78, 5) is 14.7. The average Bonchev–Trinajstić information content (AvgIpc) is 2.50. The quantitative estimate of drug-likeness (QED) is 0.622. The molecule has 0 saturated heterocycles. The molecule has 6 heteroatoms. The van der Waals surface area contributed by atoms with Gasteiger partial charge >= 0.3 is 0 Å². The smallest absolute Gasteiger partial charge is 0.272 e. The number of nitrogens with two attached hydrogens (primary N) is 1. The highest BCUT2D eigenvalue weighted by molar-refractivity contribution is 5.39. The van der Waals surface area contributed by atoms with Gasteiger partial charge in [0.15, 0.2) is 0 Å². The fourth-order valence-corrected chi connectivity index (χ4v) is 1.97. The van der Waals surface area contributed by atoms with E-state index in [1.807, 2.05) is 12.1 Å². The molecule has 0 radical (unpaired) electrons. The minimum atomic E-state index is -0.376. The lowest BCUT2D eigenvalue weighted by atomic mass is 10.1. The van der Waals surface area contributed by atoms with Crippen molar-refractivity contribution < 1.29 is 9.66 Å². The molecule has 1 aromatic heterocycles. The molecule has 0 amide bonds. The monoisotopic (exact) mass is 287 g/mol. The molecule has 0 unspecified atom stereocenters. The van der Waals surface area contributed by atoms with Crippen molar-refractivity contribution in [2.45, 2.75) is 12.8 Å². The summed E-state index contributed by atoms with van der Waals surface area (Å²) < 4.78 is 5.56. The van der Waals surface area contributed by atoms with Crippen molar-refractivity contribution in [1.29, 1.82) is 0 Å². The predicted octanol–water partition coefficient (Wildman–Crippen LogP) is 2.11. The summed E-state index contributed by atoms with van der Waals surface area (Å²) >= 11 is 0. The number of nitro benzene ring substituents is 1. The molecule has 1 heterocycles. The maximum Gasteiger partial charge on any atom is 0.272 e. The van der Waals surface area contributed by atoms with Crippen LogP contribution in [0.15, 0.2) is 42.6 Å². The lowest BCUT2D eigenvalue weighted by Crippen LogP contribution is -2.06. The zero-order valence-electron chi connectivity index (χ0n) is 11.6. The number of hydrogen-bond acceptors (Lipinski definition) is 5. The Morgan fingerprint density at radius 3 is 2.67 bits per heavy atom. The van der Waals surface area contributed by atoms with Gasteiger partial charge in [-0.1, -0.05) is 18.2 Å². The zero-order chi connectivity index (χ0) is 15.1. The molecule has 2 aromatic rings. The first-order valence-corrected chi connectivity index (χ1v) is 6.71. The van der Waals surface area contributed by atoms with Crippen LogP contribution >= 0.6 is 0 Å². The zero-order valence-corrected chi connectivity index (χ0v) is 11.6. The van der Waals surface area contributed by atoms with Gasteiger partial charge in [0.05, 0.1) is 17.7 Å². The molecule has 0 aliphatic carbocycles. The number of nitro groups is 1. The van der Waals surface area contributed by atoms with E-state index in [9.17, 15) is 10.1 Å². The van der Waals surface area contributed by atoms with Crippen LogP contribution in [0.2, 0.25) is 0 Å². The average molecular weight is 287 g/mol. The van der Waals surface area contributed by atoms with Crippen molar-refractivity contribution in [1.82, 2.24) is 4.98 Å². The largest absolute Gasteiger partial charge is 0.492 e. The Labute approximate surface area is 122 Å². The number of ether oxygens (including phenoxy) is 1. The van der Waals surface area contributed by atoms with E-state index in [0.717, 1.165) is 12.1 Å². The Balaban J connectivity index is 1.91. The molecule has 0 bridgehead atoms. The molecule has 0 spiro atoms. The Morgan fingerprint density at radius 1 is 1.19 bits per heavy atom. The van der Waals surface area contributed by atoms with Gasteiger partial charge < -0.3 is 10.5 Å². The minimum absolute atomic E-state index is 0.123. The Bertz CT molecular complexity index is 599. The number of para-hydroxylation sites is 1. The van der Waals surface area contributed by atoms with Crippen LogP contribution in [-0.2, 0) is 12.8 Å². The highest BCUT2D eigenvalue weighted by Gasteiger charge is 2.11. The fourth-order valence-electron chi connectivity index (χ4n) is 1.97. The third-order valence-electron chi connectivity index (χ3n) is 3.03. The molecule has 2 N–H and O–H groups in total. The van der Waals surface area contributed by atoms with E-state index in [1.165, 1.54) is 6.07 Å². The van der Waals surface area contributed by atoms with Crippen LogP contribution in [0, 0.1) is 10.1 Å². The van der Waals surface area contributed by atoms with E-state index in [-0.39, 0.29) is 10.6 Å². The third kappa shape index (κ3) is 4.25. The summed E-state index contributed by atoms with van der Waals surface area (Å²) in [5, 5.41) is 10.9. The Morgan fingerprint density at radius 2 is 2.00 bits per heavy atom. The highest BCUT2D eigenvalue weighted by atomic mass is 16.6. The molecule has 110 valence electrons. The van der Waals surface area contributed by atoms with Crippen LogP contribution < -0.4 is 10.5 Å². The molecule has 0 saturated carbocycles. The van der Waals surface area contributed by atoms with Gasteiger partial charge in [0, 0.05) is 30.2 Å². The van der Waals surface area contributed by atoms with E-state index < -0.39 is 0 Å².